The quantitative estimate of drug-likeness (QED) is 0.571. The van der Waals surface area contributed by atoms with Gasteiger partial charge in [-0.25, -0.2) is 0 Å². The summed E-state index contributed by atoms with van der Waals surface area (Å²) < 4.78 is 0. The molecule has 0 spiro atoms. The Morgan fingerprint density at radius 2 is 1.40 bits per heavy atom. The highest BCUT2D eigenvalue weighted by atomic mass is 16.3. The Morgan fingerprint density at radius 3 is 2.10 bits per heavy atom. The molecular weight excluding hydrogens is 368 g/mol. The van der Waals surface area contributed by atoms with E-state index in [2.05, 4.69) is 54.6 Å². The van der Waals surface area contributed by atoms with Crippen LogP contribution in [0.1, 0.15) is 41.5 Å². The number of aryl methyl sites for hydroxylation is 1. The molecule has 5 rings (SSSR count). The van der Waals surface area contributed by atoms with Gasteiger partial charge in [-0.2, -0.15) is 0 Å². The van der Waals surface area contributed by atoms with Crippen LogP contribution < -0.4 is 0 Å². The Labute approximate surface area is 178 Å². The Balaban J connectivity index is 1.58. The molecule has 2 aliphatic rings. The van der Waals surface area contributed by atoms with Gasteiger partial charge in [0.25, 0.3) is 0 Å². The molecule has 3 aromatic rings. The van der Waals surface area contributed by atoms with Gasteiger partial charge in [0.15, 0.2) is 0 Å². The molecule has 0 saturated carbocycles. The van der Waals surface area contributed by atoms with E-state index in [1.165, 1.54) is 27.8 Å². The maximum atomic E-state index is 11.5. The van der Waals surface area contributed by atoms with Crippen molar-refractivity contribution in [3.05, 3.63) is 113 Å². The molecule has 0 amide bonds. The van der Waals surface area contributed by atoms with Gasteiger partial charge in [-0.1, -0.05) is 78.4 Å². The predicted molar refractivity (Wildman–Crippen MR) is 121 cm³/mol. The number of fused-ring (bicyclic) bond motifs is 3. The van der Waals surface area contributed by atoms with Crippen molar-refractivity contribution >= 4 is 0 Å². The van der Waals surface area contributed by atoms with Crippen LogP contribution in [0, 0.1) is 0 Å². The first-order valence-electron chi connectivity index (χ1n) is 10.9. The lowest BCUT2D eigenvalue weighted by Crippen LogP contribution is -2.45. The fraction of sp³-hybridized carbons (Fsp3) is 0.286. The molecule has 2 aliphatic carbocycles. The van der Waals surface area contributed by atoms with Crippen LogP contribution in [0.25, 0.3) is 0 Å². The topological polar surface area (TPSA) is 40.5 Å². The molecule has 0 saturated heterocycles. The molecule has 2 nitrogen and oxygen atoms in total. The predicted octanol–water partition coefficient (Wildman–Crippen LogP) is 5.51. The first-order valence-corrected chi connectivity index (χ1v) is 10.9. The fourth-order valence-corrected chi connectivity index (χ4v) is 5.60. The molecule has 0 aromatic heterocycles. The van der Waals surface area contributed by atoms with Gasteiger partial charge in [-0.05, 0) is 66.5 Å². The van der Waals surface area contributed by atoms with E-state index in [1.54, 1.807) is 0 Å². The van der Waals surface area contributed by atoms with E-state index in [0.717, 1.165) is 32.1 Å². The molecule has 2 atom stereocenters. The summed E-state index contributed by atoms with van der Waals surface area (Å²) in [6.45, 7) is 0. The van der Waals surface area contributed by atoms with Gasteiger partial charge in [-0.3, -0.25) is 0 Å². The minimum atomic E-state index is -0.800. The van der Waals surface area contributed by atoms with Crippen molar-refractivity contribution in [3.8, 4) is 5.75 Å². The van der Waals surface area contributed by atoms with Crippen molar-refractivity contribution in [1.82, 2.24) is 0 Å². The number of rotatable bonds is 4. The Hall–Kier alpha value is -2.84. The van der Waals surface area contributed by atoms with Crippen LogP contribution >= 0.6 is 0 Å². The van der Waals surface area contributed by atoms with E-state index in [-0.39, 0.29) is 5.41 Å². The van der Waals surface area contributed by atoms with E-state index in [9.17, 15) is 10.2 Å². The second-order valence-corrected chi connectivity index (χ2v) is 9.02. The SMILES string of the molecule is Oc1ccc2c(c1)CCC1=C[C@@](O)(Cc3ccccc3)CC[C@@]12Cc1ccccc1. The lowest BCUT2D eigenvalue weighted by Gasteiger charge is -2.48. The second-order valence-electron chi connectivity index (χ2n) is 9.02. The average Bonchev–Trinajstić information content (AvgIpc) is 2.75. The van der Waals surface area contributed by atoms with Crippen molar-refractivity contribution in [2.75, 3.05) is 0 Å². The summed E-state index contributed by atoms with van der Waals surface area (Å²) in [5.74, 6) is 0.340. The Bertz CT molecular complexity index is 1070. The van der Waals surface area contributed by atoms with Gasteiger partial charge in [-0.15, -0.1) is 0 Å². The van der Waals surface area contributed by atoms with E-state index in [0.29, 0.717) is 12.2 Å². The van der Waals surface area contributed by atoms with E-state index < -0.39 is 5.60 Å². The largest absolute Gasteiger partial charge is 0.508 e. The summed E-state index contributed by atoms with van der Waals surface area (Å²) in [6, 6.07) is 26.8. The maximum absolute atomic E-state index is 11.5. The van der Waals surface area contributed by atoms with E-state index in [1.807, 2.05) is 30.3 Å². The van der Waals surface area contributed by atoms with Crippen molar-refractivity contribution < 1.29 is 10.2 Å². The molecule has 0 aliphatic heterocycles. The lowest BCUT2D eigenvalue weighted by molar-refractivity contribution is 0.0606. The Morgan fingerprint density at radius 1 is 0.733 bits per heavy atom. The van der Waals surface area contributed by atoms with Crippen molar-refractivity contribution in [2.45, 2.75) is 49.5 Å². The molecular formula is C28H28O2. The highest BCUT2D eigenvalue weighted by Gasteiger charge is 2.46. The first kappa shape index (κ1) is 19.1. The summed E-state index contributed by atoms with van der Waals surface area (Å²) in [5, 5.41) is 21.6. The number of hydrogen-bond acceptors (Lipinski definition) is 2. The van der Waals surface area contributed by atoms with Gasteiger partial charge in [0.05, 0.1) is 5.60 Å². The molecule has 0 radical (unpaired) electrons. The first-order chi connectivity index (χ1) is 14.6. The molecule has 152 valence electrons. The van der Waals surface area contributed by atoms with Crippen molar-refractivity contribution in [1.29, 1.82) is 0 Å². The average molecular weight is 397 g/mol. The van der Waals surface area contributed by atoms with Gasteiger partial charge in [0, 0.05) is 11.8 Å². The van der Waals surface area contributed by atoms with Crippen molar-refractivity contribution in [3.63, 3.8) is 0 Å². The minimum Gasteiger partial charge on any atom is -0.508 e. The third-order valence-corrected chi connectivity index (χ3v) is 7.01. The number of phenolic OH excluding ortho intramolecular Hbond substituents is 1. The summed E-state index contributed by atoms with van der Waals surface area (Å²) in [7, 11) is 0. The van der Waals surface area contributed by atoms with Crippen LogP contribution in [0.3, 0.4) is 0 Å². The Kier molecular flexibility index (Phi) is 4.75. The van der Waals surface area contributed by atoms with Crippen molar-refractivity contribution in [2.24, 2.45) is 0 Å². The molecule has 2 N–H and O–H groups in total. The van der Waals surface area contributed by atoms with Crippen LogP contribution in [0.5, 0.6) is 5.75 Å². The molecule has 0 unspecified atom stereocenters. The highest BCUT2D eigenvalue weighted by molar-refractivity contribution is 5.51. The normalized spacial score (nSPS) is 25.2. The van der Waals surface area contributed by atoms with Crippen LogP contribution in [-0.2, 0) is 24.7 Å². The highest BCUT2D eigenvalue weighted by Crippen LogP contribution is 2.52. The zero-order chi connectivity index (χ0) is 20.6. The molecule has 0 heterocycles. The number of phenols is 1. The van der Waals surface area contributed by atoms with Crippen LogP contribution in [0.2, 0.25) is 0 Å². The fourth-order valence-electron chi connectivity index (χ4n) is 5.60. The van der Waals surface area contributed by atoms with Crippen LogP contribution in [0.4, 0.5) is 0 Å². The van der Waals surface area contributed by atoms with Gasteiger partial charge >= 0.3 is 0 Å². The zero-order valence-corrected chi connectivity index (χ0v) is 17.2. The third-order valence-electron chi connectivity index (χ3n) is 7.01. The summed E-state index contributed by atoms with van der Waals surface area (Å²) in [6.07, 6.45) is 7.25. The minimum absolute atomic E-state index is 0.106. The lowest BCUT2D eigenvalue weighted by atomic mass is 9.57. The monoisotopic (exact) mass is 396 g/mol. The summed E-state index contributed by atoms with van der Waals surface area (Å²) >= 11 is 0. The number of aliphatic hydroxyl groups is 1. The smallest absolute Gasteiger partial charge is 0.115 e. The second kappa shape index (κ2) is 7.45. The van der Waals surface area contributed by atoms with Crippen LogP contribution in [-0.4, -0.2) is 15.8 Å². The molecule has 2 heteroatoms. The number of aromatic hydroxyl groups is 1. The molecule has 0 bridgehead atoms. The number of hydrogen-bond donors (Lipinski definition) is 2. The van der Waals surface area contributed by atoms with E-state index >= 15 is 0 Å². The standard InChI is InChI=1S/C28H28O2/c29-25-13-14-26-23(17-25)11-12-24-20-27(30,18-21-7-3-1-4-8-21)15-16-28(24,26)19-22-9-5-2-6-10-22/h1-10,13-14,17,20,29-30H,11-12,15-16,18-19H2/t27-,28+/m0/s1. The van der Waals surface area contributed by atoms with Crippen LogP contribution in [0.15, 0.2) is 90.5 Å². The summed E-state index contributed by atoms with van der Waals surface area (Å²) in [4.78, 5) is 0. The van der Waals surface area contributed by atoms with E-state index in [4.69, 9.17) is 0 Å². The zero-order valence-electron chi connectivity index (χ0n) is 17.2. The van der Waals surface area contributed by atoms with Gasteiger partial charge in [0.1, 0.15) is 5.75 Å². The number of allylic oxidation sites excluding steroid dienone is 1. The maximum Gasteiger partial charge on any atom is 0.115 e. The van der Waals surface area contributed by atoms with Gasteiger partial charge in [0.2, 0.25) is 0 Å². The van der Waals surface area contributed by atoms with Gasteiger partial charge < -0.3 is 10.2 Å². The molecule has 3 aromatic carbocycles. The number of benzene rings is 3. The molecule has 0 fully saturated rings. The summed E-state index contributed by atoms with van der Waals surface area (Å²) in [5.41, 5.74) is 5.51. The molecule has 30 heavy (non-hydrogen) atoms. The third kappa shape index (κ3) is 3.46.